The molecule has 0 saturated heterocycles. The van der Waals surface area contributed by atoms with Crippen LogP contribution in [0, 0.1) is 0 Å². The molecule has 0 saturated carbocycles. The zero-order valence-electron chi connectivity index (χ0n) is 43.6. The normalized spacial score (nSPS) is 12.6. The first-order valence-electron chi connectivity index (χ1n) is 26.6. The zero-order chi connectivity index (χ0) is 51.7. The van der Waals surface area contributed by atoms with E-state index < -0.39 is 25.4 Å². The summed E-state index contributed by atoms with van der Waals surface area (Å²) in [7, 11) is -2.12. The number of amides is 1. The van der Waals surface area contributed by atoms with E-state index in [0.29, 0.717) is 42.1 Å². The van der Waals surface area contributed by atoms with Gasteiger partial charge in [-0.1, -0.05) is 166 Å². The van der Waals surface area contributed by atoms with Crippen molar-refractivity contribution < 1.29 is 46.9 Å². The van der Waals surface area contributed by atoms with Crippen LogP contribution in [0.2, 0.25) is 0 Å². The number of aromatic nitrogens is 4. The third kappa shape index (κ3) is 23.2. The van der Waals surface area contributed by atoms with E-state index in [-0.39, 0.29) is 76.4 Å². The second-order valence-corrected chi connectivity index (χ2v) is 20.6. The minimum atomic E-state index is -3.69. The molecule has 18 heteroatoms. The van der Waals surface area contributed by atoms with Crippen molar-refractivity contribution in [3.8, 4) is 6.01 Å². The number of hydrogen-bond acceptors (Lipinski definition) is 14. The molecule has 0 aliphatic heterocycles. The van der Waals surface area contributed by atoms with Gasteiger partial charge in [0.2, 0.25) is 0 Å². The number of hydrogen-bond donors (Lipinski definition) is 3. The summed E-state index contributed by atoms with van der Waals surface area (Å²) in [5, 5.41) is 6.07. The molecule has 1 amide bonds. The predicted molar refractivity (Wildman–Crippen MR) is 282 cm³/mol. The van der Waals surface area contributed by atoms with Crippen molar-refractivity contribution in [2.45, 2.75) is 168 Å². The Hall–Kier alpha value is -5.09. The number of esters is 2. The number of unbranched alkanes of at least 4 members (excludes halogenated alkanes) is 16. The largest absolute Gasteiger partial charge is 0.462 e. The Kier molecular flexibility index (Phi) is 29.0. The van der Waals surface area contributed by atoms with Crippen molar-refractivity contribution in [1.82, 2.24) is 24.8 Å². The van der Waals surface area contributed by atoms with E-state index in [9.17, 15) is 23.7 Å². The van der Waals surface area contributed by atoms with Crippen molar-refractivity contribution in [3.05, 3.63) is 81.8 Å². The van der Waals surface area contributed by atoms with Crippen LogP contribution in [0.15, 0.2) is 59.4 Å². The van der Waals surface area contributed by atoms with E-state index >= 15 is 0 Å². The summed E-state index contributed by atoms with van der Waals surface area (Å²) in [6.07, 6.45) is 19.7. The van der Waals surface area contributed by atoms with Crippen molar-refractivity contribution in [2.75, 3.05) is 58.2 Å². The van der Waals surface area contributed by atoms with Crippen LogP contribution in [0.3, 0.4) is 0 Å². The minimum absolute atomic E-state index is 0.0269. The van der Waals surface area contributed by atoms with Crippen LogP contribution in [-0.4, -0.2) is 96.3 Å². The fourth-order valence-corrected chi connectivity index (χ4v) is 9.14. The van der Waals surface area contributed by atoms with Gasteiger partial charge in [0.15, 0.2) is 17.6 Å². The standard InChI is InChI=1S/C54H83N6O11P/c1-5-8-10-12-14-16-18-20-25-29-47(61)68-41-46(71-48(62)30-26-21-19-17-15-13-11-9-6-2)42-70-72(65,7-3)69-36-35-55-52(63)45-33-31-44(32-34-45)40-60-51-49(57-54(60)64)50(56-39-43-27-23-22-24-28-43)58-53(59-51)67-38-37-66-4/h22-24,27-28,31-34,46H,5-21,25-26,29-30,35-42H2,1-4H3,(H,55,63)(H,57,64)(H,56,58,59). The molecule has 4 aromatic rings. The fourth-order valence-electron chi connectivity index (χ4n) is 7.94. The molecule has 3 N–H and O–H groups in total. The first-order chi connectivity index (χ1) is 35.1. The number of methoxy groups -OCH3 is 1. The lowest BCUT2D eigenvalue weighted by molar-refractivity contribution is -0.161. The molecular formula is C54H83N6O11P. The van der Waals surface area contributed by atoms with Gasteiger partial charge in [-0.05, 0) is 36.1 Å². The molecule has 2 heterocycles. The van der Waals surface area contributed by atoms with Crippen LogP contribution in [0.25, 0.3) is 11.2 Å². The Bertz CT molecular complexity index is 2260. The number of ether oxygens (including phenoxy) is 4. The summed E-state index contributed by atoms with van der Waals surface area (Å²) in [6.45, 7) is 6.63. The molecule has 0 spiro atoms. The number of nitrogens with zero attached hydrogens (tertiary/aromatic N) is 3. The molecule has 4 rings (SSSR count). The van der Waals surface area contributed by atoms with Crippen LogP contribution in [0.5, 0.6) is 6.01 Å². The van der Waals surface area contributed by atoms with E-state index in [1.54, 1.807) is 38.3 Å². The maximum absolute atomic E-state index is 13.7. The molecule has 2 aromatic carbocycles. The van der Waals surface area contributed by atoms with Crippen LogP contribution in [0.4, 0.5) is 5.82 Å². The summed E-state index contributed by atoms with van der Waals surface area (Å²) in [5.74, 6) is -0.778. The van der Waals surface area contributed by atoms with Gasteiger partial charge in [0.25, 0.3) is 5.91 Å². The summed E-state index contributed by atoms with van der Waals surface area (Å²) in [4.78, 5) is 64.0. The molecule has 0 aliphatic carbocycles. The Balaban J connectivity index is 1.27. The first kappa shape index (κ1) is 59.5. The van der Waals surface area contributed by atoms with Gasteiger partial charge in [-0.25, -0.2) is 4.79 Å². The molecule has 0 radical (unpaired) electrons. The number of carbonyl (C=O) groups excluding carboxylic acids is 3. The van der Waals surface area contributed by atoms with Gasteiger partial charge in [0.05, 0.1) is 26.4 Å². The second-order valence-electron chi connectivity index (χ2n) is 18.2. The molecular weight excluding hydrogens is 940 g/mol. The Labute approximate surface area is 427 Å². The predicted octanol–water partition coefficient (Wildman–Crippen LogP) is 11.1. The summed E-state index contributed by atoms with van der Waals surface area (Å²) >= 11 is 0. The average Bonchev–Trinajstić information content (AvgIpc) is 3.70. The van der Waals surface area contributed by atoms with Crippen LogP contribution in [-0.2, 0) is 50.5 Å². The number of H-pyrrole nitrogens is 1. The highest BCUT2D eigenvalue weighted by Crippen LogP contribution is 2.47. The van der Waals surface area contributed by atoms with E-state index in [1.807, 2.05) is 30.3 Å². The van der Waals surface area contributed by atoms with Gasteiger partial charge in [-0.2, -0.15) is 9.97 Å². The highest BCUT2D eigenvalue weighted by atomic mass is 31.2. The summed E-state index contributed by atoms with van der Waals surface area (Å²) < 4.78 is 48.8. The maximum atomic E-state index is 13.7. The molecule has 17 nitrogen and oxygen atoms in total. The number of imidazole rings is 1. The topological polar surface area (TPSA) is 211 Å². The molecule has 72 heavy (non-hydrogen) atoms. The maximum Gasteiger partial charge on any atom is 0.330 e. The van der Waals surface area contributed by atoms with E-state index in [4.69, 9.17) is 28.0 Å². The Morgan fingerprint density at radius 1 is 0.694 bits per heavy atom. The van der Waals surface area contributed by atoms with Crippen molar-refractivity contribution >= 4 is 42.4 Å². The minimum Gasteiger partial charge on any atom is -0.462 e. The molecule has 2 unspecified atom stereocenters. The lowest BCUT2D eigenvalue weighted by Crippen LogP contribution is -2.30. The van der Waals surface area contributed by atoms with Gasteiger partial charge >= 0.3 is 31.2 Å². The Morgan fingerprint density at radius 3 is 1.92 bits per heavy atom. The van der Waals surface area contributed by atoms with Gasteiger partial charge < -0.3 is 43.6 Å². The molecule has 0 bridgehead atoms. The molecule has 400 valence electrons. The highest BCUT2D eigenvalue weighted by Gasteiger charge is 2.27. The van der Waals surface area contributed by atoms with Crippen molar-refractivity contribution in [2.24, 2.45) is 0 Å². The number of carbonyl (C=O) groups is 3. The van der Waals surface area contributed by atoms with Crippen molar-refractivity contribution in [3.63, 3.8) is 0 Å². The molecule has 2 aromatic heterocycles. The summed E-state index contributed by atoms with van der Waals surface area (Å²) in [6, 6.07) is 16.7. The number of rotatable bonds is 41. The lowest BCUT2D eigenvalue weighted by Gasteiger charge is -2.22. The van der Waals surface area contributed by atoms with Crippen LogP contribution >= 0.6 is 7.60 Å². The molecule has 0 fully saturated rings. The Morgan fingerprint density at radius 2 is 1.31 bits per heavy atom. The molecule has 2 atom stereocenters. The SMILES string of the molecule is CCCCCCCCCCCC(=O)OCC(COP(=O)(CC)OCCNC(=O)c1ccc(Cn2c(=O)[nH]c3c(NCc4ccccc4)nc(OCCOC)nc32)cc1)OC(=O)CCCCCCCCCCC. The molecule has 0 aliphatic rings. The summed E-state index contributed by atoms with van der Waals surface area (Å²) in [5.41, 5.74) is 2.50. The quantitative estimate of drug-likeness (QED) is 0.0215. The first-order valence-corrected chi connectivity index (χ1v) is 28.3. The van der Waals surface area contributed by atoms with Crippen LogP contribution in [0.1, 0.15) is 171 Å². The smallest absolute Gasteiger partial charge is 0.330 e. The number of benzene rings is 2. The average molecular weight is 1020 g/mol. The van der Waals surface area contributed by atoms with Crippen molar-refractivity contribution in [1.29, 1.82) is 0 Å². The van der Waals surface area contributed by atoms with Crippen LogP contribution < -0.4 is 21.1 Å². The number of nitrogens with one attached hydrogen (secondary N) is 3. The number of fused-ring (bicyclic) bond motifs is 1. The third-order valence-electron chi connectivity index (χ3n) is 12.2. The highest BCUT2D eigenvalue weighted by molar-refractivity contribution is 7.53. The fraction of sp³-hybridized carbons (Fsp3) is 0.630. The van der Waals surface area contributed by atoms with Gasteiger partial charge in [-0.15, -0.1) is 0 Å². The van der Waals surface area contributed by atoms with Gasteiger partial charge in [-0.3, -0.25) is 23.5 Å². The monoisotopic (exact) mass is 1020 g/mol. The van der Waals surface area contributed by atoms with E-state index in [0.717, 1.165) is 56.1 Å². The van der Waals surface area contributed by atoms with Gasteiger partial charge in [0, 0.05) is 44.8 Å². The van der Waals surface area contributed by atoms with Gasteiger partial charge in [0.1, 0.15) is 18.7 Å². The van der Waals surface area contributed by atoms with E-state index in [2.05, 4.69) is 39.4 Å². The number of aromatic amines is 1. The zero-order valence-corrected chi connectivity index (χ0v) is 44.5. The second kappa shape index (κ2) is 35.1. The number of anilines is 1. The lowest BCUT2D eigenvalue weighted by atomic mass is 10.1. The van der Waals surface area contributed by atoms with E-state index in [1.165, 1.54) is 68.8 Å². The third-order valence-corrected chi connectivity index (χ3v) is 14.1.